The lowest BCUT2D eigenvalue weighted by Gasteiger charge is -2.39. The SMILES string of the molecule is CC(C)OC[C@@H]1CC[C@H]2[C@@H]1OCCN2C(=O)CC#N. The Labute approximate surface area is 114 Å². The number of amides is 1. The fourth-order valence-electron chi connectivity index (χ4n) is 3.03. The van der Waals surface area contributed by atoms with Crippen molar-refractivity contribution in [2.24, 2.45) is 5.92 Å². The van der Waals surface area contributed by atoms with Crippen LogP contribution in [0.1, 0.15) is 33.1 Å². The van der Waals surface area contributed by atoms with Crippen molar-refractivity contribution >= 4 is 5.91 Å². The van der Waals surface area contributed by atoms with Gasteiger partial charge in [0.25, 0.3) is 0 Å². The van der Waals surface area contributed by atoms with Crippen LogP contribution in [0.5, 0.6) is 0 Å². The number of nitrogens with zero attached hydrogens (tertiary/aromatic N) is 2. The van der Waals surface area contributed by atoms with E-state index < -0.39 is 0 Å². The molecule has 2 fully saturated rings. The second-order valence-electron chi connectivity index (χ2n) is 5.54. The normalized spacial score (nSPS) is 30.2. The van der Waals surface area contributed by atoms with Crippen molar-refractivity contribution in [1.29, 1.82) is 5.26 Å². The minimum absolute atomic E-state index is 0.0314. The highest BCUT2D eigenvalue weighted by molar-refractivity contribution is 5.78. The zero-order valence-corrected chi connectivity index (χ0v) is 11.7. The Balaban J connectivity index is 1.96. The summed E-state index contributed by atoms with van der Waals surface area (Å²) in [7, 11) is 0. The summed E-state index contributed by atoms with van der Waals surface area (Å²) in [5.74, 6) is 0.302. The van der Waals surface area contributed by atoms with Crippen LogP contribution in [0.3, 0.4) is 0 Å². The number of fused-ring (bicyclic) bond motifs is 1. The fourth-order valence-corrected chi connectivity index (χ4v) is 3.03. The number of nitriles is 1. The summed E-state index contributed by atoms with van der Waals surface area (Å²) in [6.07, 6.45) is 2.25. The topological polar surface area (TPSA) is 62.6 Å². The largest absolute Gasteiger partial charge is 0.378 e. The maximum Gasteiger partial charge on any atom is 0.237 e. The molecule has 0 N–H and O–H groups in total. The van der Waals surface area contributed by atoms with Gasteiger partial charge in [-0.1, -0.05) is 0 Å². The quantitative estimate of drug-likeness (QED) is 0.770. The van der Waals surface area contributed by atoms with Gasteiger partial charge in [-0.15, -0.1) is 0 Å². The third-order valence-electron chi connectivity index (χ3n) is 3.91. The van der Waals surface area contributed by atoms with Gasteiger partial charge in [-0.2, -0.15) is 5.26 Å². The molecule has 0 radical (unpaired) electrons. The molecule has 5 nitrogen and oxygen atoms in total. The van der Waals surface area contributed by atoms with E-state index >= 15 is 0 Å². The number of carbonyl (C=O) groups excluding carboxylic acids is 1. The molecule has 1 aliphatic heterocycles. The third-order valence-corrected chi connectivity index (χ3v) is 3.91. The number of rotatable bonds is 4. The molecule has 0 spiro atoms. The predicted octanol–water partition coefficient (Wildman–Crippen LogP) is 1.33. The minimum atomic E-state index is -0.0637. The standard InChI is InChI=1S/C14H22N2O3/c1-10(2)19-9-11-3-4-12-14(11)18-8-7-16(12)13(17)5-6-15/h10-12,14H,3-5,7-9H2,1-2H3/t11-,12-,14+/m0/s1. The van der Waals surface area contributed by atoms with Crippen LogP contribution < -0.4 is 0 Å². The first-order chi connectivity index (χ1) is 9.13. The molecule has 2 rings (SSSR count). The third kappa shape index (κ3) is 3.26. The van der Waals surface area contributed by atoms with Crippen LogP contribution in [-0.4, -0.2) is 48.8 Å². The van der Waals surface area contributed by atoms with E-state index in [1.807, 2.05) is 24.8 Å². The average Bonchev–Trinajstić information content (AvgIpc) is 2.79. The number of carbonyl (C=O) groups is 1. The molecular weight excluding hydrogens is 244 g/mol. The predicted molar refractivity (Wildman–Crippen MR) is 69.3 cm³/mol. The monoisotopic (exact) mass is 266 g/mol. The van der Waals surface area contributed by atoms with Gasteiger partial charge >= 0.3 is 0 Å². The van der Waals surface area contributed by atoms with Gasteiger partial charge in [0.05, 0.1) is 37.5 Å². The molecule has 1 amide bonds. The van der Waals surface area contributed by atoms with Gasteiger partial charge in [-0.25, -0.2) is 0 Å². The summed E-state index contributed by atoms with van der Waals surface area (Å²) in [6, 6.07) is 2.07. The van der Waals surface area contributed by atoms with Gasteiger partial charge in [-0.05, 0) is 26.7 Å². The zero-order valence-electron chi connectivity index (χ0n) is 11.7. The number of ether oxygens (including phenoxy) is 2. The molecule has 0 aromatic heterocycles. The average molecular weight is 266 g/mol. The van der Waals surface area contributed by atoms with Crippen LogP contribution in [0.15, 0.2) is 0 Å². The Morgan fingerprint density at radius 3 is 3.00 bits per heavy atom. The molecule has 1 heterocycles. The first-order valence-corrected chi connectivity index (χ1v) is 7.03. The molecule has 0 aromatic carbocycles. The van der Waals surface area contributed by atoms with Crippen LogP contribution in [0.25, 0.3) is 0 Å². The Hall–Kier alpha value is -1.12. The molecule has 3 atom stereocenters. The maximum atomic E-state index is 11.9. The highest BCUT2D eigenvalue weighted by Crippen LogP contribution is 2.35. The number of morpholine rings is 1. The number of hydrogen-bond donors (Lipinski definition) is 0. The Morgan fingerprint density at radius 2 is 2.32 bits per heavy atom. The smallest absolute Gasteiger partial charge is 0.237 e. The van der Waals surface area contributed by atoms with Gasteiger partial charge in [0, 0.05) is 12.5 Å². The van der Waals surface area contributed by atoms with E-state index in [1.165, 1.54) is 0 Å². The molecule has 19 heavy (non-hydrogen) atoms. The fraction of sp³-hybridized carbons (Fsp3) is 0.857. The van der Waals surface area contributed by atoms with E-state index in [-0.39, 0.29) is 30.6 Å². The lowest BCUT2D eigenvalue weighted by Crippen LogP contribution is -2.53. The molecule has 1 aliphatic carbocycles. The van der Waals surface area contributed by atoms with Crippen LogP contribution >= 0.6 is 0 Å². The van der Waals surface area contributed by atoms with Crippen molar-refractivity contribution in [1.82, 2.24) is 4.90 Å². The first kappa shape index (κ1) is 14.3. The van der Waals surface area contributed by atoms with E-state index in [0.29, 0.717) is 25.7 Å². The second kappa shape index (κ2) is 6.36. The van der Waals surface area contributed by atoms with Gasteiger partial charge < -0.3 is 14.4 Å². The van der Waals surface area contributed by atoms with Gasteiger partial charge in [0.2, 0.25) is 5.91 Å². The molecule has 0 unspecified atom stereocenters. The van der Waals surface area contributed by atoms with E-state index in [4.69, 9.17) is 14.7 Å². The van der Waals surface area contributed by atoms with Gasteiger partial charge in [0.1, 0.15) is 6.42 Å². The Kier molecular flexibility index (Phi) is 4.78. The van der Waals surface area contributed by atoms with Crippen LogP contribution in [0.4, 0.5) is 0 Å². The van der Waals surface area contributed by atoms with E-state index in [9.17, 15) is 4.79 Å². The second-order valence-corrected chi connectivity index (χ2v) is 5.54. The van der Waals surface area contributed by atoms with Crippen molar-refractivity contribution in [3.8, 4) is 6.07 Å². The lowest BCUT2D eigenvalue weighted by atomic mass is 10.0. The Morgan fingerprint density at radius 1 is 1.53 bits per heavy atom. The van der Waals surface area contributed by atoms with Crippen LogP contribution in [0, 0.1) is 17.2 Å². The lowest BCUT2D eigenvalue weighted by molar-refractivity contribution is -0.146. The van der Waals surface area contributed by atoms with E-state index in [1.54, 1.807) is 0 Å². The van der Waals surface area contributed by atoms with Crippen LogP contribution in [-0.2, 0) is 14.3 Å². The Bertz CT molecular complexity index is 364. The van der Waals surface area contributed by atoms with Crippen molar-refractivity contribution in [3.05, 3.63) is 0 Å². The highest BCUT2D eigenvalue weighted by atomic mass is 16.5. The van der Waals surface area contributed by atoms with Crippen molar-refractivity contribution in [2.45, 2.75) is 51.4 Å². The van der Waals surface area contributed by atoms with Crippen molar-refractivity contribution in [2.75, 3.05) is 19.8 Å². The molecule has 0 aromatic rings. The van der Waals surface area contributed by atoms with Crippen LogP contribution in [0.2, 0.25) is 0 Å². The maximum absolute atomic E-state index is 11.9. The summed E-state index contributed by atoms with van der Waals surface area (Å²) in [6.45, 7) is 5.92. The first-order valence-electron chi connectivity index (χ1n) is 7.03. The summed E-state index contributed by atoms with van der Waals surface area (Å²) in [4.78, 5) is 13.8. The van der Waals surface area contributed by atoms with E-state index in [2.05, 4.69) is 0 Å². The highest BCUT2D eigenvalue weighted by Gasteiger charge is 2.44. The number of hydrogen-bond acceptors (Lipinski definition) is 4. The molecule has 1 saturated carbocycles. The van der Waals surface area contributed by atoms with Gasteiger partial charge in [-0.3, -0.25) is 4.79 Å². The zero-order chi connectivity index (χ0) is 13.8. The molecule has 106 valence electrons. The molecule has 5 heteroatoms. The van der Waals surface area contributed by atoms with E-state index in [0.717, 1.165) is 12.8 Å². The summed E-state index contributed by atoms with van der Waals surface area (Å²) in [5.41, 5.74) is 0. The molecule has 2 aliphatic rings. The summed E-state index contributed by atoms with van der Waals surface area (Å²) < 4.78 is 11.5. The van der Waals surface area contributed by atoms with Gasteiger partial charge in [0.15, 0.2) is 0 Å². The molecule has 1 saturated heterocycles. The summed E-state index contributed by atoms with van der Waals surface area (Å²) in [5, 5.41) is 8.66. The molecular formula is C14H22N2O3. The van der Waals surface area contributed by atoms with Crippen molar-refractivity contribution < 1.29 is 14.3 Å². The van der Waals surface area contributed by atoms with Crippen molar-refractivity contribution in [3.63, 3.8) is 0 Å². The summed E-state index contributed by atoms with van der Waals surface area (Å²) >= 11 is 0. The minimum Gasteiger partial charge on any atom is -0.378 e. The molecule has 0 bridgehead atoms.